The van der Waals surface area contributed by atoms with Gasteiger partial charge in [0, 0.05) is 95.9 Å². The molecule has 0 amide bonds. The molecule has 16 heteroatoms. The quantitative estimate of drug-likeness (QED) is 0.0383. The van der Waals surface area contributed by atoms with Crippen LogP contribution in [0.1, 0.15) is 199 Å². The standard InChI is InChI=1S/C56H72O16/c1-25(2)13-33-37-17-39(51(63)45(49(37)61)21-69-29(9)57)34(14-26(3)4)41-19-43(55(67)47(53(41)65)23-71-31(11)59)36(16-28(7)8)44-20-42(54(66)48(56(44)68)24-72-32(12)60)35(15-27(5)6)40-18-38(33)50(62)46(52(40)64)22-70-30(10)58/h17-20,25-28,33-36,61-68H,13-16,21-24H2,1-12H3. The lowest BCUT2D eigenvalue weighted by molar-refractivity contribution is -0.143. The second-order valence-corrected chi connectivity index (χ2v) is 20.8. The van der Waals surface area contributed by atoms with Crippen LogP contribution >= 0.6 is 0 Å². The number of esters is 4. The average Bonchev–Trinajstić information content (AvgIpc) is 3.26. The van der Waals surface area contributed by atoms with Gasteiger partial charge in [-0.05, 0) is 73.6 Å². The van der Waals surface area contributed by atoms with Crippen molar-refractivity contribution in [3.8, 4) is 46.0 Å². The van der Waals surface area contributed by atoms with Crippen molar-refractivity contribution in [2.45, 2.75) is 159 Å². The van der Waals surface area contributed by atoms with Crippen LogP contribution in [0.5, 0.6) is 46.0 Å². The maximum Gasteiger partial charge on any atom is 0.302 e. The molecule has 8 N–H and O–H groups in total. The van der Waals surface area contributed by atoms with E-state index < -0.39 is 120 Å². The Morgan fingerprint density at radius 2 is 0.472 bits per heavy atom. The zero-order valence-electron chi connectivity index (χ0n) is 43.4. The molecule has 0 heterocycles. The number of rotatable bonds is 16. The largest absolute Gasteiger partial charge is 0.507 e. The highest BCUT2D eigenvalue weighted by molar-refractivity contribution is 5.71. The van der Waals surface area contributed by atoms with Crippen molar-refractivity contribution in [1.29, 1.82) is 0 Å². The maximum absolute atomic E-state index is 12.5. The van der Waals surface area contributed by atoms with Crippen molar-refractivity contribution >= 4 is 23.9 Å². The number of hydrogen-bond acceptors (Lipinski definition) is 16. The molecule has 4 aromatic carbocycles. The SMILES string of the molecule is CC(=O)OCc1c(O)c2cc(c1O)C(CC(C)C)c1cc(c(O)c(COC(C)=O)c1O)C(CC(C)C)c1cc(c(O)c(COC(C)=O)c1O)C(CC(C)C)c1cc(c(O)c(COC(C)=O)c1O)C2CC(C)C. The predicted molar refractivity (Wildman–Crippen MR) is 266 cm³/mol. The molecule has 5 rings (SSSR count). The van der Waals surface area contributed by atoms with E-state index in [1.54, 1.807) is 24.3 Å². The Kier molecular flexibility index (Phi) is 18.0. The van der Waals surface area contributed by atoms with E-state index in [1.807, 2.05) is 55.4 Å². The van der Waals surface area contributed by atoms with E-state index in [1.165, 1.54) is 27.7 Å². The molecule has 1 aliphatic carbocycles. The van der Waals surface area contributed by atoms with Crippen LogP contribution in [0.4, 0.5) is 0 Å². The number of benzene rings is 4. The minimum Gasteiger partial charge on any atom is -0.507 e. The van der Waals surface area contributed by atoms with Crippen LogP contribution in [0, 0.1) is 23.7 Å². The summed E-state index contributed by atoms with van der Waals surface area (Å²) in [4.78, 5) is 49.7. The Bertz CT molecular complexity index is 2220. The molecule has 1 aliphatic rings. The van der Waals surface area contributed by atoms with E-state index in [2.05, 4.69) is 0 Å². The van der Waals surface area contributed by atoms with Crippen molar-refractivity contribution in [3.63, 3.8) is 0 Å². The van der Waals surface area contributed by atoms with Crippen LogP contribution in [0.3, 0.4) is 0 Å². The number of phenolic OH excluding ortho intramolecular Hbond substituents is 8. The summed E-state index contributed by atoms with van der Waals surface area (Å²) >= 11 is 0. The van der Waals surface area contributed by atoms with Crippen molar-refractivity contribution in [3.05, 3.63) is 91.0 Å². The maximum atomic E-state index is 12.5. The molecule has 0 fully saturated rings. The van der Waals surface area contributed by atoms with Crippen LogP contribution in [0.15, 0.2) is 24.3 Å². The summed E-state index contributed by atoms with van der Waals surface area (Å²) in [5.74, 6) is -11.5. The van der Waals surface area contributed by atoms with Crippen LogP contribution < -0.4 is 0 Å². The Hall–Kier alpha value is -6.84. The van der Waals surface area contributed by atoms with Gasteiger partial charge in [-0.25, -0.2) is 0 Å². The fourth-order valence-corrected chi connectivity index (χ4v) is 10.00. The van der Waals surface area contributed by atoms with Crippen molar-refractivity contribution < 1.29 is 79.0 Å². The normalized spacial score (nSPS) is 16.6. The molecule has 0 saturated carbocycles. The van der Waals surface area contributed by atoms with Gasteiger partial charge in [0.2, 0.25) is 0 Å². The first-order valence-corrected chi connectivity index (χ1v) is 24.5. The third kappa shape index (κ3) is 12.2. The Morgan fingerprint density at radius 1 is 0.333 bits per heavy atom. The van der Waals surface area contributed by atoms with E-state index in [9.17, 15) is 60.0 Å². The van der Waals surface area contributed by atoms with Gasteiger partial charge >= 0.3 is 23.9 Å². The lowest BCUT2D eigenvalue weighted by atomic mass is 9.73. The monoisotopic (exact) mass is 1000 g/mol. The molecule has 72 heavy (non-hydrogen) atoms. The number of ether oxygens (including phenoxy) is 4. The summed E-state index contributed by atoms with van der Waals surface area (Å²) in [6.07, 6.45) is 0.772. The van der Waals surface area contributed by atoms with E-state index >= 15 is 0 Å². The van der Waals surface area contributed by atoms with Gasteiger partial charge < -0.3 is 59.8 Å². The molecule has 0 atom stereocenters. The summed E-state index contributed by atoms with van der Waals surface area (Å²) in [6, 6.07) is 6.23. The van der Waals surface area contributed by atoms with Crippen molar-refractivity contribution in [2.24, 2.45) is 23.7 Å². The van der Waals surface area contributed by atoms with E-state index in [0.717, 1.165) is 0 Å². The molecule has 0 saturated heterocycles. The highest BCUT2D eigenvalue weighted by Crippen LogP contribution is 2.56. The van der Waals surface area contributed by atoms with Gasteiger partial charge in [-0.3, -0.25) is 19.2 Å². The Morgan fingerprint density at radius 3 is 0.583 bits per heavy atom. The molecule has 16 nitrogen and oxygen atoms in total. The Labute approximate surface area is 421 Å². The van der Waals surface area contributed by atoms with Gasteiger partial charge in [-0.2, -0.15) is 0 Å². The molecule has 0 spiro atoms. The number of fused-ring (bicyclic) bond motifs is 8. The number of hydrogen-bond donors (Lipinski definition) is 8. The van der Waals surface area contributed by atoms with Gasteiger partial charge in [0.1, 0.15) is 72.4 Å². The summed E-state index contributed by atoms with van der Waals surface area (Å²) in [7, 11) is 0. The molecule has 0 radical (unpaired) electrons. The highest BCUT2D eigenvalue weighted by atomic mass is 16.5. The summed E-state index contributed by atoms with van der Waals surface area (Å²) in [6.45, 7) is 17.5. The smallest absolute Gasteiger partial charge is 0.302 e. The highest BCUT2D eigenvalue weighted by Gasteiger charge is 2.38. The molecular weight excluding hydrogens is 929 g/mol. The average molecular weight is 1000 g/mol. The topological polar surface area (TPSA) is 267 Å². The van der Waals surface area contributed by atoms with Gasteiger partial charge in [-0.1, -0.05) is 55.4 Å². The molecule has 0 aromatic heterocycles. The van der Waals surface area contributed by atoms with Crippen molar-refractivity contribution in [2.75, 3.05) is 0 Å². The zero-order valence-corrected chi connectivity index (χ0v) is 43.4. The zero-order chi connectivity index (χ0) is 53.8. The Balaban J connectivity index is 2.21. The van der Waals surface area contributed by atoms with Gasteiger partial charge in [0.25, 0.3) is 0 Å². The first kappa shape index (κ1) is 56.1. The van der Waals surface area contributed by atoms with E-state index in [4.69, 9.17) is 18.9 Å². The molecule has 0 unspecified atom stereocenters. The second kappa shape index (κ2) is 23.1. The predicted octanol–water partition coefficient (Wildman–Crippen LogP) is 10.6. The third-order valence-electron chi connectivity index (χ3n) is 13.2. The van der Waals surface area contributed by atoms with Crippen LogP contribution in [-0.4, -0.2) is 64.7 Å². The molecular formula is C56H72O16. The fourth-order valence-electron chi connectivity index (χ4n) is 10.00. The minimum absolute atomic E-state index is 0.139. The van der Waals surface area contributed by atoms with Gasteiger partial charge in [0.05, 0.1) is 22.3 Å². The molecule has 8 bridgehead atoms. The number of phenols is 8. The van der Waals surface area contributed by atoms with E-state index in [-0.39, 0.29) is 116 Å². The summed E-state index contributed by atoms with van der Waals surface area (Å²) in [5, 5.41) is 99.9. The second-order valence-electron chi connectivity index (χ2n) is 20.8. The molecule has 4 aromatic rings. The lowest BCUT2D eigenvalue weighted by Gasteiger charge is -2.32. The number of carbonyl (C=O) groups is 4. The van der Waals surface area contributed by atoms with Gasteiger partial charge in [0.15, 0.2) is 0 Å². The minimum atomic E-state index is -1.01. The van der Waals surface area contributed by atoms with E-state index in [0.29, 0.717) is 0 Å². The van der Waals surface area contributed by atoms with Crippen LogP contribution in [0.2, 0.25) is 0 Å². The lowest BCUT2D eigenvalue weighted by Crippen LogP contribution is -2.16. The number of carbonyl (C=O) groups excluding carboxylic acids is 4. The first-order chi connectivity index (χ1) is 33.7. The third-order valence-corrected chi connectivity index (χ3v) is 13.2. The summed E-state index contributed by atoms with van der Waals surface area (Å²) in [5.41, 5.74) is 0.330. The number of aromatic hydroxyl groups is 8. The van der Waals surface area contributed by atoms with Crippen molar-refractivity contribution in [1.82, 2.24) is 0 Å². The summed E-state index contributed by atoms with van der Waals surface area (Å²) < 4.78 is 21.8. The van der Waals surface area contributed by atoms with Crippen LogP contribution in [0.25, 0.3) is 0 Å². The van der Waals surface area contributed by atoms with Gasteiger partial charge in [-0.15, -0.1) is 0 Å². The molecule has 0 aliphatic heterocycles. The van der Waals surface area contributed by atoms with Crippen LogP contribution in [-0.2, 0) is 64.6 Å². The molecule has 392 valence electrons. The fraction of sp³-hybridized carbons (Fsp3) is 0.500. The first-order valence-electron chi connectivity index (χ1n) is 24.5.